The molecule has 0 spiro atoms. The molecule has 0 saturated carbocycles. The number of thiol groups is 1. The van der Waals surface area contributed by atoms with E-state index in [1.807, 2.05) is 0 Å². The average Bonchev–Trinajstić information content (AvgIpc) is 2.54. The van der Waals surface area contributed by atoms with Crippen molar-refractivity contribution < 1.29 is 16.8 Å². The second-order valence-electron chi connectivity index (χ2n) is 6.06. The quantitative estimate of drug-likeness (QED) is 0.430. The minimum Gasteiger partial charge on any atom is -0.311 e. The summed E-state index contributed by atoms with van der Waals surface area (Å²) in [6.07, 6.45) is 1.20. The van der Waals surface area contributed by atoms with E-state index >= 15 is 0 Å². The zero-order valence-electron chi connectivity index (χ0n) is 13.7. The van der Waals surface area contributed by atoms with Gasteiger partial charge in [0.2, 0.25) is 20.0 Å². The Morgan fingerprint density at radius 2 is 1.62 bits per heavy atom. The molecule has 0 aromatic heterocycles. The molecule has 2 fully saturated rings. The molecule has 0 aromatic carbocycles. The van der Waals surface area contributed by atoms with E-state index in [9.17, 15) is 16.8 Å². The van der Waals surface area contributed by atoms with Gasteiger partial charge in [0.15, 0.2) is 0 Å². The van der Waals surface area contributed by atoms with Crippen molar-refractivity contribution in [2.45, 2.75) is 12.1 Å². The van der Waals surface area contributed by atoms with E-state index in [1.54, 1.807) is 0 Å². The normalized spacial score (nSPS) is 28.1. The zero-order chi connectivity index (χ0) is 17.8. The van der Waals surface area contributed by atoms with Crippen molar-refractivity contribution in [3.8, 4) is 0 Å². The van der Waals surface area contributed by atoms with Crippen LogP contribution in [0.5, 0.6) is 0 Å². The second-order valence-corrected chi connectivity index (χ2v) is 11.8. The molecule has 2 rings (SSSR count). The number of nitrogens with one attached hydrogen (secondary N) is 2. The highest BCUT2D eigenvalue weighted by Gasteiger charge is 2.29. The lowest BCUT2D eigenvalue weighted by atomic mass is 10.3. The van der Waals surface area contributed by atoms with Gasteiger partial charge in [-0.3, -0.25) is 0 Å². The maximum atomic E-state index is 12.4. The predicted molar refractivity (Wildman–Crippen MR) is 102 cm³/mol. The molecule has 8 nitrogen and oxygen atoms in total. The fraction of sp³-hybridized carbons (Fsp3) is 1.00. The molecule has 0 aliphatic carbocycles. The van der Waals surface area contributed by atoms with Gasteiger partial charge in [-0.15, -0.1) is 11.8 Å². The van der Waals surface area contributed by atoms with Crippen LogP contribution in [0, 0.1) is 0 Å². The fourth-order valence-electron chi connectivity index (χ4n) is 2.75. The first-order chi connectivity index (χ1) is 11.2. The molecular formula is C12H26N4O4S4. The lowest BCUT2D eigenvalue weighted by molar-refractivity contribution is 0.313. The summed E-state index contributed by atoms with van der Waals surface area (Å²) < 4.78 is 51.1. The first-order valence-corrected chi connectivity index (χ1v) is 13.0. The minimum atomic E-state index is -3.31. The Kier molecular flexibility index (Phi) is 7.68. The highest BCUT2D eigenvalue weighted by molar-refractivity contribution is 8.11. The molecule has 12 heteroatoms. The van der Waals surface area contributed by atoms with Crippen LogP contribution in [-0.4, -0.2) is 99.6 Å². The molecule has 24 heavy (non-hydrogen) atoms. The van der Waals surface area contributed by atoms with Gasteiger partial charge in [-0.25, -0.2) is 16.8 Å². The Balaban J connectivity index is 1.80. The molecule has 0 radical (unpaired) electrons. The van der Waals surface area contributed by atoms with Gasteiger partial charge < -0.3 is 10.6 Å². The fourth-order valence-corrected chi connectivity index (χ4v) is 6.97. The summed E-state index contributed by atoms with van der Waals surface area (Å²) in [7, 11) is -6.50. The predicted octanol–water partition coefficient (Wildman–Crippen LogP) is -1.56. The average molecular weight is 419 g/mol. The molecular weight excluding hydrogens is 392 g/mol. The molecule has 0 unspecified atom stereocenters. The highest BCUT2D eigenvalue weighted by atomic mass is 32.3. The van der Waals surface area contributed by atoms with Gasteiger partial charge in [-0.05, 0) is 0 Å². The van der Waals surface area contributed by atoms with Crippen molar-refractivity contribution >= 4 is 44.4 Å². The molecule has 2 saturated heterocycles. The van der Waals surface area contributed by atoms with Crippen molar-refractivity contribution in [3.63, 3.8) is 0 Å². The summed E-state index contributed by atoms with van der Waals surface area (Å²) in [6.45, 7) is 3.02. The molecule has 2 atom stereocenters. The van der Waals surface area contributed by atoms with Gasteiger partial charge in [0.25, 0.3) is 0 Å². The number of hydrogen-bond donors (Lipinski definition) is 3. The maximum Gasteiger partial charge on any atom is 0.223 e. The van der Waals surface area contributed by atoms with E-state index in [1.165, 1.54) is 26.6 Å². The van der Waals surface area contributed by atoms with Gasteiger partial charge in [-0.2, -0.15) is 21.2 Å². The minimum absolute atomic E-state index is 0.0172. The van der Waals surface area contributed by atoms with E-state index < -0.39 is 20.0 Å². The van der Waals surface area contributed by atoms with E-state index in [0.29, 0.717) is 50.8 Å². The van der Waals surface area contributed by atoms with Gasteiger partial charge in [-0.1, -0.05) is 0 Å². The van der Waals surface area contributed by atoms with Crippen LogP contribution in [0.3, 0.4) is 0 Å². The summed E-state index contributed by atoms with van der Waals surface area (Å²) in [6, 6.07) is 0.0621. The van der Waals surface area contributed by atoms with Gasteiger partial charge in [0.1, 0.15) is 5.08 Å². The lowest BCUT2D eigenvalue weighted by Gasteiger charge is -2.33. The largest absolute Gasteiger partial charge is 0.311 e. The van der Waals surface area contributed by atoms with Crippen molar-refractivity contribution in [1.29, 1.82) is 0 Å². The van der Waals surface area contributed by atoms with Crippen LogP contribution in [-0.2, 0) is 20.0 Å². The van der Waals surface area contributed by atoms with Crippen LogP contribution >= 0.6 is 24.4 Å². The molecule has 2 aliphatic heterocycles. The standard InChI is InChI=1S/C12H26N4O4S4/c1-23(17,18)15-4-2-14-12(7-15)9-22-10-24(19,20)16-5-3-13-11(6-16)8-21/h11-14,21H,2-10H2,1H3/t11-,12+/m1/s1. The first-order valence-electron chi connectivity index (χ1n) is 7.80. The molecule has 2 aliphatic rings. The SMILES string of the molecule is CS(=O)(=O)N1CCN[C@H](CSCS(=O)(=O)N2CCN[C@@H](CS)C2)C1. The van der Waals surface area contributed by atoms with Gasteiger partial charge in [0.05, 0.1) is 6.26 Å². The number of nitrogens with zero attached hydrogens (tertiary/aromatic N) is 2. The van der Waals surface area contributed by atoms with Crippen LogP contribution in [0.4, 0.5) is 0 Å². The third-order valence-corrected chi connectivity index (χ3v) is 9.40. The Morgan fingerprint density at radius 3 is 2.25 bits per heavy atom. The van der Waals surface area contributed by atoms with E-state index in [-0.39, 0.29) is 17.2 Å². The molecule has 2 N–H and O–H groups in total. The van der Waals surface area contributed by atoms with E-state index in [2.05, 4.69) is 23.3 Å². The number of rotatable bonds is 7. The smallest absolute Gasteiger partial charge is 0.223 e. The molecule has 142 valence electrons. The van der Waals surface area contributed by atoms with Crippen molar-refractivity contribution in [2.24, 2.45) is 0 Å². The van der Waals surface area contributed by atoms with Gasteiger partial charge in [0, 0.05) is 62.9 Å². The number of sulfonamides is 2. The number of hydrogen-bond acceptors (Lipinski definition) is 8. The van der Waals surface area contributed by atoms with Crippen molar-refractivity contribution in [2.75, 3.05) is 62.1 Å². The Bertz CT molecular complexity index is 613. The third-order valence-electron chi connectivity index (χ3n) is 4.07. The Hall–Kier alpha value is 0.440. The zero-order valence-corrected chi connectivity index (χ0v) is 17.1. The van der Waals surface area contributed by atoms with Crippen LogP contribution in [0.15, 0.2) is 0 Å². The summed E-state index contributed by atoms with van der Waals surface area (Å²) in [5.74, 6) is 1.17. The van der Waals surface area contributed by atoms with E-state index in [4.69, 9.17) is 0 Å². The lowest BCUT2D eigenvalue weighted by Crippen LogP contribution is -2.54. The number of thioether (sulfide) groups is 1. The monoisotopic (exact) mass is 418 g/mol. The Morgan fingerprint density at radius 1 is 1.04 bits per heavy atom. The van der Waals surface area contributed by atoms with Crippen molar-refractivity contribution in [1.82, 2.24) is 19.2 Å². The third kappa shape index (κ3) is 6.01. The highest BCUT2D eigenvalue weighted by Crippen LogP contribution is 2.16. The first kappa shape index (κ1) is 20.7. The second kappa shape index (κ2) is 8.89. The van der Waals surface area contributed by atoms with Crippen LogP contribution in [0.25, 0.3) is 0 Å². The molecule has 2 heterocycles. The summed E-state index contributed by atoms with van der Waals surface area (Å²) in [5, 5.41) is 6.50. The van der Waals surface area contributed by atoms with E-state index in [0.717, 1.165) is 0 Å². The van der Waals surface area contributed by atoms with Gasteiger partial charge >= 0.3 is 0 Å². The molecule has 0 aromatic rings. The Labute approximate surface area is 154 Å². The maximum absolute atomic E-state index is 12.4. The molecule has 0 amide bonds. The topological polar surface area (TPSA) is 98.8 Å². The molecule has 0 bridgehead atoms. The number of piperazine rings is 2. The summed E-state index contributed by atoms with van der Waals surface area (Å²) in [4.78, 5) is 0. The van der Waals surface area contributed by atoms with Crippen LogP contribution < -0.4 is 10.6 Å². The summed E-state index contributed by atoms with van der Waals surface area (Å²) >= 11 is 5.55. The van der Waals surface area contributed by atoms with Crippen LogP contribution in [0.2, 0.25) is 0 Å². The van der Waals surface area contributed by atoms with Crippen LogP contribution in [0.1, 0.15) is 0 Å². The van der Waals surface area contributed by atoms with Crippen molar-refractivity contribution in [3.05, 3.63) is 0 Å². The summed E-state index contributed by atoms with van der Waals surface area (Å²) in [5.41, 5.74) is 0.